The van der Waals surface area contributed by atoms with Crippen LogP contribution in [-0.4, -0.2) is 42.4 Å². The van der Waals surface area contributed by atoms with E-state index in [0.717, 1.165) is 44.8 Å². The van der Waals surface area contributed by atoms with Crippen LogP contribution in [0.1, 0.15) is 30.9 Å². The van der Waals surface area contributed by atoms with E-state index in [1.165, 1.54) is 11.1 Å². The van der Waals surface area contributed by atoms with Crippen molar-refractivity contribution >= 4 is 0 Å². The van der Waals surface area contributed by atoms with Crippen LogP contribution in [0.2, 0.25) is 0 Å². The number of ether oxygens (including phenoxy) is 1. The van der Waals surface area contributed by atoms with Crippen LogP contribution in [0.3, 0.4) is 0 Å². The topological polar surface area (TPSA) is 32.7 Å². The molecule has 0 aromatic heterocycles. The van der Waals surface area contributed by atoms with Crippen LogP contribution in [0.15, 0.2) is 18.2 Å². The van der Waals surface area contributed by atoms with Gasteiger partial charge in [0.25, 0.3) is 0 Å². The van der Waals surface area contributed by atoms with Crippen LogP contribution in [0.5, 0.6) is 5.75 Å². The summed E-state index contributed by atoms with van der Waals surface area (Å²) in [5.41, 5.74) is 2.44. The molecule has 2 rings (SSSR count). The molecule has 0 amide bonds. The Morgan fingerprint density at radius 1 is 1.40 bits per heavy atom. The SMILES string of the molecule is Cc1ccc(C)c(OCCCN2CCC(C(C)O)C2)c1. The quantitative estimate of drug-likeness (QED) is 0.812. The van der Waals surface area contributed by atoms with Gasteiger partial charge in [-0.25, -0.2) is 0 Å². The van der Waals surface area contributed by atoms with Gasteiger partial charge in [-0.05, 0) is 63.3 Å². The average Bonchev–Trinajstić information content (AvgIpc) is 2.87. The minimum atomic E-state index is -0.175. The van der Waals surface area contributed by atoms with Gasteiger partial charge in [-0.2, -0.15) is 0 Å². The number of aliphatic hydroxyl groups is 1. The summed E-state index contributed by atoms with van der Waals surface area (Å²) in [5.74, 6) is 1.46. The van der Waals surface area contributed by atoms with Crippen molar-refractivity contribution in [2.45, 2.75) is 39.7 Å². The number of benzene rings is 1. The Balaban J connectivity index is 1.68. The molecular formula is C17H27NO2. The van der Waals surface area contributed by atoms with Gasteiger partial charge in [0.15, 0.2) is 0 Å². The molecule has 0 radical (unpaired) electrons. The molecule has 0 spiro atoms. The van der Waals surface area contributed by atoms with Crippen LogP contribution < -0.4 is 4.74 Å². The van der Waals surface area contributed by atoms with Crippen LogP contribution >= 0.6 is 0 Å². The zero-order chi connectivity index (χ0) is 14.5. The van der Waals surface area contributed by atoms with Crippen LogP contribution in [0.4, 0.5) is 0 Å². The van der Waals surface area contributed by atoms with Gasteiger partial charge < -0.3 is 14.7 Å². The highest BCUT2D eigenvalue weighted by atomic mass is 16.5. The van der Waals surface area contributed by atoms with E-state index in [0.29, 0.717) is 5.92 Å². The Bertz CT molecular complexity index is 431. The molecule has 0 saturated carbocycles. The zero-order valence-electron chi connectivity index (χ0n) is 12.9. The van der Waals surface area contributed by atoms with E-state index in [4.69, 9.17) is 4.74 Å². The Hall–Kier alpha value is -1.06. The third-order valence-corrected chi connectivity index (χ3v) is 4.21. The molecular weight excluding hydrogens is 250 g/mol. The van der Waals surface area contributed by atoms with E-state index in [9.17, 15) is 5.11 Å². The van der Waals surface area contributed by atoms with Crippen LogP contribution in [0.25, 0.3) is 0 Å². The summed E-state index contributed by atoms with van der Waals surface area (Å²) < 4.78 is 5.88. The summed E-state index contributed by atoms with van der Waals surface area (Å²) in [5, 5.41) is 9.60. The second kappa shape index (κ2) is 7.09. The molecule has 1 N–H and O–H groups in total. The molecule has 0 bridgehead atoms. The standard InChI is InChI=1S/C17H27NO2/c1-13-5-6-14(2)17(11-13)20-10-4-8-18-9-7-16(12-18)15(3)19/h5-6,11,15-16,19H,4,7-10,12H2,1-3H3. The fourth-order valence-corrected chi connectivity index (χ4v) is 2.79. The van der Waals surface area contributed by atoms with E-state index in [2.05, 4.69) is 36.9 Å². The number of aliphatic hydroxyl groups excluding tert-OH is 1. The van der Waals surface area contributed by atoms with E-state index in [1.807, 2.05) is 6.92 Å². The highest BCUT2D eigenvalue weighted by Crippen LogP contribution is 2.21. The lowest BCUT2D eigenvalue weighted by atomic mass is 10.0. The highest BCUT2D eigenvalue weighted by molar-refractivity contribution is 5.35. The molecule has 3 heteroatoms. The molecule has 1 aromatic carbocycles. The molecule has 0 aliphatic carbocycles. The van der Waals surface area contributed by atoms with E-state index in [1.54, 1.807) is 0 Å². The monoisotopic (exact) mass is 277 g/mol. The average molecular weight is 277 g/mol. The number of aryl methyl sites for hydroxylation is 2. The summed E-state index contributed by atoms with van der Waals surface area (Å²) in [7, 11) is 0. The van der Waals surface area contributed by atoms with Gasteiger partial charge in [-0.1, -0.05) is 12.1 Å². The lowest BCUT2D eigenvalue weighted by Crippen LogP contribution is -2.26. The molecule has 1 aliphatic rings. The molecule has 3 nitrogen and oxygen atoms in total. The van der Waals surface area contributed by atoms with E-state index in [-0.39, 0.29) is 6.10 Å². The predicted molar refractivity (Wildman–Crippen MR) is 82.3 cm³/mol. The first-order valence-electron chi connectivity index (χ1n) is 7.66. The van der Waals surface area contributed by atoms with Crippen molar-refractivity contribution in [3.63, 3.8) is 0 Å². The van der Waals surface area contributed by atoms with Crippen LogP contribution in [-0.2, 0) is 0 Å². The van der Waals surface area contributed by atoms with Crippen molar-refractivity contribution in [3.05, 3.63) is 29.3 Å². The van der Waals surface area contributed by atoms with Gasteiger partial charge in [0, 0.05) is 13.1 Å². The number of likely N-dealkylation sites (tertiary alicyclic amines) is 1. The lowest BCUT2D eigenvalue weighted by molar-refractivity contribution is 0.127. The minimum Gasteiger partial charge on any atom is -0.493 e. The van der Waals surface area contributed by atoms with Crippen LogP contribution in [0, 0.1) is 19.8 Å². The number of rotatable bonds is 6. The van der Waals surface area contributed by atoms with E-state index >= 15 is 0 Å². The Morgan fingerprint density at radius 3 is 2.90 bits per heavy atom. The van der Waals surface area contributed by atoms with Crippen molar-refractivity contribution in [3.8, 4) is 5.75 Å². The lowest BCUT2D eigenvalue weighted by Gasteiger charge is -2.17. The number of hydrogen-bond donors (Lipinski definition) is 1. The number of hydrogen-bond acceptors (Lipinski definition) is 3. The van der Waals surface area contributed by atoms with Crippen molar-refractivity contribution in [2.75, 3.05) is 26.2 Å². The maximum Gasteiger partial charge on any atom is 0.122 e. The molecule has 1 aromatic rings. The van der Waals surface area contributed by atoms with Gasteiger partial charge in [0.2, 0.25) is 0 Å². The number of nitrogens with zero attached hydrogens (tertiary/aromatic N) is 1. The van der Waals surface area contributed by atoms with Gasteiger partial charge >= 0.3 is 0 Å². The molecule has 1 fully saturated rings. The van der Waals surface area contributed by atoms with Crippen molar-refractivity contribution in [2.24, 2.45) is 5.92 Å². The normalized spacial score (nSPS) is 21.1. The Morgan fingerprint density at radius 2 is 2.20 bits per heavy atom. The molecule has 2 unspecified atom stereocenters. The fraction of sp³-hybridized carbons (Fsp3) is 0.647. The zero-order valence-corrected chi connectivity index (χ0v) is 12.9. The summed E-state index contributed by atoms with van der Waals surface area (Å²) in [6.45, 7) is 10.0. The molecule has 112 valence electrons. The first-order chi connectivity index (χ1) is 9.56. The van der Waals surface area contributed by atoms with E-state index < -0.39 is 0 Å². The second-order valence-electron chi connectivity index (χ2n) is 6.06. The maximum atomic E-state index is 9.60. The molecule has 1 aliphatic heterocycles. The predicted octanol–water partition coefficient (Wildman–Crippen LogP) is 2.78. The summed E-state index contributed by atoms with van der Waals surface area (Å²) >= 11 is 0. The van der Waals surface area contributed by atoms with Crippen molar-refractivity contribution in [1.82, 2.24) is 4.90 Å². The van der Waals surface area contributed by atoms with Crippen molar-refractivity contribution < 1.29 is 9.84 Å². The largest absolute Gasteiger partial charge is 0.493 e. The smallest absolute Gasteiger partial charge is 0.122 e. The minimum absolute atomic E-state index is 0.175. The fourth-order valence-electron chi connectivity index (χ4n) is 2.79. The summed E-state index contributed by atoms with van der Waals surface area (Å²) in [6, 6.07) is 6.33. The molecule has 2 atom stereocenters. The van der Waals surface area contributed by atoms with Gasteiger partial charge in [-0.3, -0.25) is 0 Å². The first-order valence-corrected chi connectivity index (χ1v) is 7.66. The van der Waals surface area contributed by atoms with Gasteiger partial charge in [0.1, 0.15) is 5.75 Å². The summed E-state index contributed by atoms with van der Waals surface area (Å²) in [4.78, 5) is 2.43. The third-order valence-electron chi connectivity index (χ3n) is 4.21. The first kappa shape index (κ1) is 15.3. The Labute approximate surface area is 122 Å². The maximum absolute atomic E-state index is 9.60. The summed E-state index contributed by atoms with van der Waals surface area (Å²) in [6.07, 6.45) is 1.99. The van der Waals surface area contributed by atoms with Gasteiger partial charge in [0.05, 0.1) is 12.7 Å². The molecule has 1 saturated heterocycles. The Kier molecular flexibility index (Phi) is 5.44. The van der Waals surface area contributed by atoms with Crippen molar-refractivity contribution in [1.29, 1.82) is 0 Å². The molecule has 1 heterocycles. The third kappa shape index (κ3) is 4.22. The highest BCUT2D eigenvalue weighted by Gasteiger charge is 2.25. The van der Waals surface area contributed by atoms with Gasteiger partial charge in [-0.15, -0.1) is 0 Å². The molecule has 20 heavy (non-hydrogen) atoms. The second-order valence-corrected chi connectivity index (χ2v) is 6.06.